The standard InChI is InChI=1S/C38H28N8O8/c1-23(47)51-31-16-10-9-15-28(31)35(49)54-32-25(17-18-29(33(32)52-24(2)48)36(50)53-27-13-7-4-8-14-27)21-41-46-38-44-34(30-19-20-39-22-40-30)43-37(45-38)42-26-11-5-3-6-12-26/h3-22H,1-2H3,(H2,42,43,44,45,46)/b41-21+. The van der Waals surface area contributed by atoms with Crippen molar-refractivity contribution < 1.29 is 38.1 Å². The highest BCUT2D eigenvalue weighted by Gasteiger charge is 2.27. The van der Waals surface area contributed by atoms with Crippen molar-refractivity contribution >= 4 is 47.7 Å². The van der Waals surface area contributed by atoms with E-state index in [1.807, 2.05) is 30.3 Å². The summed E-state index contributed by atoms with van der Waals surface area (Å²) in [4.78, 5) is 72.7. The minimum Gasteiger partial charge on any atom is -0.426 e. The van der Waals surface area contributed by atoms with Gasteiger partial charge in [0.05, 0.1) is 6.21 Å². The average Bonchev–Trinajstić information content (AvgIpc) is 3.16. The van der Waals surface area contributed by atoms with Gasteiger partial charge in [0.25, 0.3) is 0 Å². The van der Waals surface area contributed by atoms with Crippen molar-refractivity contribution in [1.29, 1.82) is 0 Å². The van der Waals surface area contributed by atoms with Crippen LogP contribution in [0.4, 0.5) is 17.6 Å². The van der Waals surface area contributed by atoms with Crippen LogP contribution in [0, 0.1) is 0 Å². The summed E-state index contributed by atoms with van der Waals surface area (Å²) in [7, 11) is 0. The van der Waals surface area contributed by atoms with Crippen LogP contribution in [-0.4, -0.2) is 55.0 Å². The number of para-hydroxylation sites is 3. The van der Waals surface area contributed by atoms with Crippen LogP contribution in [0.5, 0.6) is 23.0 Å². The predicted molar refractivity (Wildman–Crippen MR) is 194 cm³/mol. The van der Waals surface area contributed by atoms with Gasteiger partial charge >= 0.3 is 23.9 Å². The summed E-state index contributed by atoms with van der Waals surface area (Å²) in [5, 5.41) is 7.36. The average molecular weight is 725 g/mol. The van der Waals surface area contributed by atoms with E-state index in [2.05, 4.69) is 40.8 Å². The molecule has 2 N–H and O–H groups in total. The zero-order chi connectivity index (χ0) is 37.9. The van der Waals surface area contributed by atoms with Gasteiger partial charge in [-0.15, -0.1) is 0 Å². The predicted octanol–water partition coefficient (Wildman–Crippen LogP) is 5.81. The molecule has 0 aliphatic rings. The van der Waals surface area contributed by atoms with Gasteiger partial charge in [-0.25, -0.2) is 25.0 Å². The maximum atomic E-state index is 13.7. The fraction of sp³-hybridized carbons (Fsp3) is 0.0526. The number of benzene rings is 4. The molecule has 0 saturated heterocycles. The van der Waals surface area contributed by atoms with Crippen LogP contribution in [0.3, 0.4) is 0 Å². The van der Waals surface area contributed by atoms with Crippen LogP contribution in [0.25, 0.3) is 11.5 Å². The lowest BCUT2D eigenvalue weighted by Crippen LogP contribution is -2.18. The molecule has 0 fully saturated rings. The highest BCUT2D eigenvalue weighted by Crippen LogP contribution is 2.37. The van der Waals surface area contributed by atoms with Crippen molar-refractivity contribution in [3.8, 4) is 34.5 Å². The molecule has 6 rings (SSSR count). The molecule has 0 atom stereocenters. The first-order valence-corrected chi connectivity index (χ1v) is 16.0. The first kappa shape index (κ1) is 35.9. The van der Waals surface area contributed by atoms with Gasteiger partial charge in [0.1, 0.15) is 34.6 Å². The number of anilines is 3. The number of rotatable bonds is 12. The van der Waals surface area contributed by atoms with E-state index in [0.717, 1.165) is 6.92 Å². The molecule has 0 saturated carbocycles. The number of nitrogens with zero attached hydrogens (tertiary/aromatic N) is 6. The maximum Gasteiger partial charge on any atom is 0.347 e. The molecule has 6 aromatic rings. The minimum absolute atomic E-state index is 0.00887. The summed E-state index contributed by atoms with van der Waals surface area (Å²) in [5.41, 5.74) is 3.51. The summed E-state index contributed by atoms with van der Waals surface area (Å²) in [6, 6.07) is 27.6. The fourth-order valence-electron chi connectivity index (χ4n) is 4.70. The van der Waals surface area contributed by atoms with E-state index in [4.69, 9.17) is 18.9 Å². The van der Waals surface area contributed by atoms with Crippen LogP contribution in [-0.2, 0) is 9.59 Å². The van der Waals surface area contributed by atoms with Gasteiger partial charge in [0, 0.05) is 31.3 Å². The lowest BCUT2D eigenvalue weighted by molar-refractivity contribution is -0.133. The van der Waals surface area contributed by atoms with E-state index >= 15 is 0 Å². The Labute approximate surface area is 306 Å². The monoisotopic (exact) mass is 724 g/mol. The molecule has 54 heavy (non-hydrogen) atoms. The highest BCUT2D eigenvalue weighted by molar-refractivity contribution is 6.01. The first-order chi connectivity index (χ1) is 26.2. The number of ether oxygens (including phenoxy) is 4. The molecular formula is C38H28N8O8. The van der Waals surface area contributed by atoms with Crippen LogP contribution in [0.15, 0.2) is 121 Å². The Hall–Kier alpha value is -7.88. The summed E-state index contributed by atoms with van der Waals surface area (Å²) >= 11 is 0. The Morgan fingerprint density at radius 3 is 2.06 bits per heavy atom. The van der Waals surface area contributed by atoms with E-state index in [9.17, 15) is 19.2 Å². The number of hydrogen-bond acceptors (Lipinski definition) is 16. The fourth-order valence-corrected chi connectivity index (χ4v) is 4.70. The Balaban J connectivity index is 1.39. The lowest BCUT2D eigenvalue weighted by atomic mass is 10.1. The molecule has 4 aromatic carbocycles. The summed E-state index contributed by atoms with van der Waals surface area (Å²) in [6.45, 7) is 2.28. The Morgan fingerprint density at radius 1 is 0.648 bits per heavy atom. The molecule has 2 heterocycles. The van der Waals surface area contributed by atoms with Gasteiger partial charge < -0.3 is 24.3 Å². The van der Waals surface area contributed by atoms with E-state index in [-0.39, 0.29) is 51.7 Å². The molecule has 268 valence electrons. The quantitative estimate of drug-likeness (QED) is 0.0661. The summed E-state index contributed by atoms with van der Waals surface area (Å²) < 4.78 is 22.0. The molecule has 16 nitrogen and oxygen atoms in total. The van der Waals surface area contributed by atoms with Gasteiger partial charge in [-0.1, -0.05) is 48.5 Å². The molecular weight excluding hydrogens is 696 g/mol. The highest BCUT2D eigenvalue weighted by atomic mass is 16.6. The number of hydrogen-bond donors (Lipinski definition) is 2. The second kappa shape index (κ2) is 16.9. The molecule has 0 radical (unpaired) electrons. The van der Waals surface area contributed by atoms with Gasteiger partial charge in [-0.05, 0) is 54.6 Å². The van der Waals surface area contributed by atoms with Crippen molar-refractivity contribution in [3.63, 3.8) is 0 Å². The molecule has 0 bridgehead atoms. The number of esters is 4. The van der Waals surface area contributed by atoms with E-state index in [1.54, 1.807) is 42.5 Å². The van der Waals surface area contributed by atoms with Crippen molar-refractivity contribution in [2.75, 3.05) is 10.7 Å². The maximum absolute atomic E-state index is 13.7. The SMILES string of the molecule is CC(=O)Oc1ccccc1C(=O)Oc1c(/C=N/Nc2nc(Nc3ccccc3)nc(-c3ccncn3)n2)ccc(C(=O)Oc2ccccc2)c1OC(C)=O. The molecule has 0 spiro atoms. The third kappa shape index (κ3) is 9.26. The largest absolute Gasteiger partial charge is 0.426 e. The molecule has 0 aliphatic heterocycles. The number of aromatic nitrogens is 5. The molecule has 2 aromatic heterocycles. The van der Waals surface area contributed by atoms with Gasteiger partial charge in [-0.2, -0.15) is 20.1 Å². The number of nitrogens with one attached hydrogen (secondary N) is 2. The van der Waals surface area contributed by atoms with Crippen LogP contribution >= 0.6 is 0 Å². The second-order valence-electron chi connectivity index (χ2n) is 10.9. The van der Waals surface area contributed by atoms with Gasteiger partial charge in [0.15, 0.2) is 17.3 Å². The Kier molecular flexibility index (Phi) is 11.2. The topological polar surface area (TPSA) is 206 Å². The van der Waals surface area contributed by atoms with Gasteiger partial charge in [0.2, 0.25) is 11.9 Å². The summed E-state index contributed by atoms with van der Waals surface area (Å²) in [5.74, 6) is -3.79. The number of hydrazone groups is 1. The van der Waals surface area contributed by atoms with E-state index in [1.165, 1.54) is 56.0 Å². The smallest absolute Gasteiger partial charge is 0.347 e. The third-order valence-corrected chi connectivity index (χ3v) is 6.96. The van der Waals surface area contributed by atoms with Crippen molar-refractivity contribution in [2.45, 2.75) is 13.8 Å². The van der Waals surface area contributed by atoms with Crippen LogP contribution in [0.1, 0.15) is 40.1 Å². The first-order valence-electron chi connectivity index (χ1n) is 16.0. The zero-order valence-electron chi connectivity index (χ0n) is 28.5. The Bertz CT molecular complexity index is 2340. The minimum atomic E-state index is -1.01. The van der Waals surface area contributed by atoms with Gasteiger partial charge in [-0.3, -0.25) is 9.59 Å². The number of carbonyl (C=O) groups excluding carboxylic acids is 4. The Morgan fingerprint density at radius 2 is 1.33 bits per heavy atom. The molecule has 0 aliphatic carbocycles. The lowest BCUT2D eigenvalue weighted by Gasteiger charge is -2.16. The molecule has 0 unspecified atom stereocenters. The van der Waals surface area contributed by atoms with E-state index in [0.29, 0.717) is 11.4 Å². The normalized spacial score (nSPS) is 10.6. The number of carbonyl (C=O) groups is 4. The molecule has 16 heteroatoms. The van der Waals surface area contributed by atoms with E-state index < -0.39 is 29.6 Å². The zero-order valence-corrected chi connectivity index (χ0v) is 28.5. The third-order valence-electron chi connectivity index (χ3n) is 6.96. The summed E-state index contributed by atoms with van der Waals surface area (Å²) in [6.07, 6.45) is 4.11. The van der Waals surface area contributed by atoms with Crippen molar-refractivity contribution in [2.24, 2.45) is 5.10 Å². The van der Waals surface area contributed by atoms with Crippen LogP contribution in [0.2, 0.25) is 0 Å². The second-order valence-corrected chi connectivity index (χ2v) is 10.9. The van der Waals surface area contributed by atoms with Crippen LogP contribution < -0.4 is 29.7 Å². The van der Waals surface area contributed by atoms with Crippen molar-refractivity contribution in [1.82, 2.24) is 24.9 Å². The molecule has 0 amide bonds. The van der Waals surface area contributed by atoms with Crippen molar-refractivity contribution in [3.05, 3.63) is 132 Å².